The fourth-order valence-corrected chi connectivity index (χ4v) is 2.94. The minimum atomic E-state index is -3.12. The zero-order valence-corrected chi connectivity index (χ0v) is 11.8. The Hall–Kier alpha value is -0.130. The van der Waals surface area contributed by atoms with Crippen LogP contribution in [0.15, 0.2) is 0 Å². The summed E-state index contributed by atoms with van der Waals surface area (Å²) in [4.78, 5) is 0. The van der Waals surface area contributed by atoms with E-state index in [1.54, 1.807) is 0 Å². The molecule has 16 heavy (non-hydrogen) atoms. The van der Waals surface area contributed by atoms with Crippen molar-refractivity contribution in [3.63, 3.8) is 0 Å². The Labute approximate surface area is 100 Å². The monoisotopic (exact) mass is 250 g/mol. The van der Waals surface area contributed by atoms with Crippen LogP contribution in [-0.2, 0) is 10.0 Å². The minimum Gasteiger partial charge on any atom is -0.317 e. The van der Waals surface area contributed by atoms with Gasteiger partial charge in [-0.2, -0.15) is 0 Å². The Balaban J connectivity index is 3.88. The van der Waals surface area contributed by atoms with Gasteiger partial charge in [-0.15, -0.1) is 0 Å². The fourth-order valence-electron chi connectivity index (χ4n) is 1.26. The normalized spacial score (nSPS) is 13.0. The van der Waals surface area contributed by atoms with Crippen LogP contribution in [0.25, 0.3) is 0 Å². The second kappa shape index (κ2) is 7.25. The summed E-state index contributed by atoms with van der Waals surface area (Å²) in [6, 6.07) is 0. The van der Waals surface area contributed by atoms with Crippen molar-refractivity contribution in [2.45, 2.75) is 52.5 Å². The molecule has 0 aliphatic heterocycles. The predicted molar refractivity (Wildman–Crippen MR) is 69.1 cm³/mol. The molecule has 0 saturated heterocycles. The van der Waals surface area contributed by atoms with Crippen LogP contribution < -0.4 is 10.0 Å². The van der Waals surface area contributed by atoms with Crippen LogP contribution in [0, 0.1) is 0 Å². The third-order valence-corrected chi connectivity index (χ3v) is 4.27. The van der Waals surface area contributed by atoms with E-state index in [1.165, 1.54) is 0 Å². The van der Waals surface area contributed by atoms with Crippen molar-refractivity contribution >= 4 is 10.0 Å². The molecule has 0 radical (unpaired) electrons. The molecule has 0 aliphatic rings. The van der Waals surface area contributed by atoms with Gasteiger partial charge >= 0.3 is 0 Å². The van der Waals surface area contributed by atoms with Crippen LogP contribution in [0.4, 0.5) is 0 Å². The molecule has 0 saturated carbocycles. The van der Waals surface area contributed by atoms with E-state index < -0.39 is 10.0 Å². The van der Waals surface area contributed by atoms with E-state index in [9.17, 15) is 8.42 Å². The van der Waals surface area contributed by atoms with Gasteiger partial charge < -0.3 is 5.32 Å². The molecule has 0 fully saturated rings. The molecular weight excluding hydrogens is 224 g/mol. The average molecular weight is 250 g/mol. The first kappa shape index (κ1) is 15.9. The highest BCUT2D eigenvalue weighted by Gasteiger charge is 2.22. The second-order valence-electron chi connectivity index (χ2n) is 4.72. The van der Waals surface area contributed by atoms with Crippen molar-refractivity contribution in [3.8, 4) is 0 Å². The lowest BCUT2D eigenvalue weighted by atomic mass is 10.0. The second-order valence-corrected chi connectivity index (χ2v) is 6.56. The molecule has 0 atom stereocenters. The van der Waals surface area contributed by atoms with Crippen molar-refractivity contribution in [1.29, 1.82) is 0 Å². The van der Waals surface area contributed by atoms with Gasteiger partial charge in [0.2, 0.25) is 10.0 Å². The highest BCUT2D eigenvalue weighted by atomic mass is 32.2. The Morgan fingerprint density at radius 3 is 2.25 bits per heavy atom. The van der Waals surface area contributed by atoms with Gasteiger partial charge in [0.05, 0.1) is 5.75 Å². The third kappa shape index (κ3) is 8.07. The van der Waals surface area contributed by atoms with Crippen LogP contribution >= 0.6 is 0 Å². The molecule has 2 N–H and O–H groups in total. The van der Waals surface area contributed by atoms with Gasteiger partial charge in [-0.3, -0.25) is 0 Å². The van der Waals surface area contributed by atoms with Crippen LogP contribution in [0.5, 0.6) is 0 Å². The highest BCUT2D eigenvalue weighted by molar-refractivity contribution is 7.89. The first-order chi connectivity index (χ1) is 7.33. The Bertz CT molecular complexity index is 274. The van der Waals surface area contributed by atoms with Crippen molar-refractivity contribution in [2.24, 2.45) is 0 Å². The molecule has 0 unspecified atom stereocenters. The van der Waals surface area contributed by atoms with Gasteiger partial charge in [-0.05, 0) is 46.2 Å². The molecule has 0 aromatic carbocycles. The van der Waals surface area contributed by atoms with Crippen LogP contribution in [0.1, 0.15) is 47.0 Å². The van der Waals surface area contributed by atoms with Gasteiger partial charge in [0.15, 0.2) is 0 Å². The van der Waals surface area contributed by atoms with Crippen molar-refractivity contribution in [1.82, 2.24) is 10.0 Å². The molecule has 0 spiro atoms. The summed E-state index contributed by atoms with van der Waals surface area (Å²) in [6.45, 7) is 9.67. The highest BCUT2D eigenvalue weighted by Crippen LogP contribution is 2.09. The molecule has 4 nitrogen and oxygen atoms in total. The molecule has 0 amide bonds. The first-order valence-corrected chi connectivity index (χ1v) is 7.70. The SMILES string of the molecule is CCNCCCCS(=O)(=O)NC(C)(C)CC. The standard InChI is InChI=1S/C11H26N2O2S/c1-5-11(3,4)13-16(14,15)10-8-7-9-12-6-2/h12-13H,5-10H2,1-4H3. The molecule has 98 valence electrons. The van der Waals surface area contributed by atoms with Gasteiger partial charge in [-0.1, -0.05) is 13.8 Å². The Kier molecular flexibility index (Phi) is 7.19. The van der Waals surface area contributed by atoms with Gasteiger partial charge in [0.1, 0.15) is 0 Å². The maximum atomic E-state index is 11.7. The van der Waals surface area contributed by atoms with E-state index in [0.717, 1.165) is 25.9 Å². The first-order valence-electron chi connectivity index (χ1n) is 6.05. The molecule has 5 heteroatoms. The fraction of sp³-hybridized carbons (Fsp3) is 1.00. The van der Waals surface area contributed by atoms with E-state index in [-0.39, 0.29) is 11.3 Å². The summed E-state index contributed by atoms with van der Waals surface area (Å²) in [7, 11) is -3.12. The number of nitrogens with one attached hydrogen (secondary N) is 2. The lowest BCUT2D eigenvalue weighted by Crippen LogP contribution is -2.43. The van der Waals surface area contributed by atoms with Crippen molar-refractivity contribution in [2.75, 3.05) is 18.8 Å². The summed E-state index contributed by atoms with van der Waals surface area (Å²) < 4.78 is 26.1. The number of rotatable bonds is 9. The maximum Gasteiger partial charge on any atom is 0.212 e. The van der Waals surface area contributed by atoms with Crippen molar-refractivity contribution in [3.05, 3.63) is 0 Å². The van der Waals surface area contributed by atoms with Gasteiger partial charge in [0, 0.05) is 5.54 Å². The Morgan fingerprint density at radius 2 is 1.75 bits per heavy atom. The quantitative estimate of drug-likeness (QED) is 0.610. The number of hydrogen-bond donors (Lipinski definition) is 2. The smallest absolute Gasteiger partial charge is 0.212 e. The summed E-state index contributed by atoms with van der Waals surface area (Å²) in [5, 5.41) is 3.18. The zero-order valence-electron chi connectivity index (χ0n) is 11.0. The number of sulfonamides is 1. The zero-order chi connectivity index (χ0) is 12.7. The predicted octanol–water partition coefficient (Wildman–Crippen LogP) is 1.48. The molecule has 0 aromatic rings. The topological polar surface area (TPSA) is 58.2 Å². The largest absolute Gasteiger partial charge is 0.317 e. The van der Waals surface area contributed by atoms with Crippen LogP contribution in [0.3, 0.4) is 0 Å². The Morgan fingerprint density at radius 1 is 1.12 bits per heavy atom. The molecular formula is C11H26N2O2S. The van der Waals surface area contributed by atoms with Crippen LogP contribution in [0.2, 0.25) is 0 Å². The summed E-state index contributed by atoms with van der Waals surface area (Å²) >= 11 is 0. The average Bonchev–Trinajstić information content (AvgIpc) is 2.16. The summed E-state index contributed by atoms with van der Waals surface area (Å²) in [5.41, 5.74) is -0.333. The van der Waals surface area contributed by atoms with Crippen molar-refractivity contribution < 1.29 is 8.42 Å². The molecule has 0 rings (SSSR count). The maximum absolute atomic E-state index is 11.7. The van der Waals surface area contributed by atoms with E-state index in [0.29, 0.717) is 6.42 Å². The van der Waals surface area contributed by atoms with Crippen LogP contribution in [-0.4, -0.2) is 32.8 Å². The molecule has 0 aliphatic carbocycles. The molecule has 0 heterocycles. The minimum absolute atomic E-state index is 0.224. The number of unbranched alkanes of at least 4 members (excludes halogenated alkanes) is 1. The summed E-state index contributed by atoms with van der Waals surface area (Å²) in [5.74, 6) is 0.224. The molecule has 0 aromatic heterocycles. The van der Waals surface area contributed by atoms with Gasteiger partial charge in [-0.25, -0.2) is 13.1 Å². The van der Waals surface area contributed by atoms with E-state index in [1.807, 2.05) is 27.7 Å². The van der Waals surface area contributed by atoms with E-state index in [2.05, 4.69) is 10.0 Å². The van der Waals surface area contributed by atoms with E-state index in [4.69, 9.17) is 0 Å². The lowest BCUT2D eigenvalue weighted by molar-refractivity contribution is 0.438. The lowest BCUT2D eigenvalue weighted by Gasteiger charge is -2.24. The third-order valence-electron chi connectivity index (χ3n) is 2.58. The van der Waals surface area contributed by atoms with E-state index >= 15 is 0 Å². The van der Waals surface area contributed by atoms with Gasteiger partial charge in [0.25, 0.3) is 0 Å². The number of hydrogen-bond acceptors (Lipinski definition) is 3. The molecule has 0 bridgehead atoms. The summed E-state index contributed by atoms with van der Waals surface area (Å²) in [6.07, 6.45) is 2.41.